The summed E-state index contributed by atoms with van der Waals surface area (Å²) < 4.78 is 14.4. The Morgan fingerprint density at radius 2 is 1.26 bits per heavy atom. The van der Waals surface area contributed by atoms with Gasteiger partial charge in [0.15, 0.2) is 0 Å². The van der Waals surface area contributed by atoms with Crippen LogP contribution in [-0.4, -0.2) is 61.8 Å². The van der Waals surface area contributed by atoms with Gasteiger partial charge in [-0.2, -0.15) is 0 Å². The first-order valence-electron chi connectivity index (χ1n) is 6.31. The summed E-state index contributed by atoms with van der Waals surface area (Å²) >= 11 is 0. The summed E-state index contributed by atoms with van der Waals surface area (Å²) in [6.07, 6.45) is 1.56. The Labute approximate surface area is 112 Å². The molecule has 0 aliphatic carbocycles. The van der Waals surface area contributed by atoms with Crippen LogP contribution >= 0.6 is 0 Å². The van der Waals surface area contributed by atoms with Crippen LogP contribution in [0.5, 0.6) is 0 Å². The summed E-state index contributed by atoms with van der Waals surface area (Å²) in [6, 6.07) is 0. The Hall–Kier alpha value is -1.18. The number of carbonyl (C=O) groups is 2. The van der Waals surface area contributed by atoms with Crippen molar-refractivity contribution in [2.45, 2.75) is 25.7 Å². The minimum absolute atomic E-state index is 0.00865. The van der Waals surface area contributed by atoms with Crippen LogP contribution in [0.25, 0.3) is 0 Å². The average Bonchev–Trinajstić information content (AvgIpc) is 2.41. The molecular formula is C12H22O7. The van der Waals surface area contributed by atoms with Crippen molar-refractivity contribution in [2.75, 3.05) is 39.6 Å². The van der Waals surface area contributed by atoms with E-state index in [0.29, 0.717) is 12.8 Å². The molecule has 0 radical (unpaired) electrons. The van der Waals surface area contributed by atoms with Crippen molar-refractivity contribution in [3.8, 4) is 0 Å². The van der Waals surface area contributed by atoms with E-state index in [4.69, 9.17) is 19.7 Å². The molecule has 2 N–H and O–H groups in total. The molecule has 0 aromatic carbocycles. The van der Waals surface area contributed by atoms with Crippen LogP contribution in [-0.2, 0) is 23.8 Å². The largest absolute Gasteiger partial charge is 0.463 e. The first-order valence-corrected chi connectivity index (χ1v) is 6.31. The van der Waals surface area contributed by atoms with Crippen LogP contribution in [0.3, 0.4) is 0 Å². The number of rotatable bonds is 12. The number of hydrogen-bond donors (Lipinski definition) is 2. The van der Waals surface area contributed by atoms with Gasteiger partial charge in [0, 0.05) is 12.8 Å². The number of esters is 2. The molecule has 0 aliphatic rings. The highest BCUT2D eigenvalue weighted by Crippen LogP contribution is 2.02. The molecule has 0 spiro atoms. The average molecular weight is 278 g/mol. The Morgan fingerprint density at radius 3 is 1.79 bits per heavy atom. The maximum absolute atomic E-state index is 11.2. The number of carbonyl (C=O) groups excluding carboxylic acids is 2. The number of hydrogen-bond acceptors (Lipinski definition) is 7. The second-order valence-corrected chi connectivity index (χ2v) is 3.71. The van der Waals surface area contributed by atoms with Gasteiger partial charge in [-0.3, -0.25) is 9.59 Å². The lowest BCUT2D eigenvalue weighted by molar-refractivity contribution is -0.147. The maximum atomic E-state index is 11.2. The van der Waals surface area contributed by atoms with E-state index in [-0.39, 0.29) is 64.4 Å². The van der Waals surface area contributed by atoms with Crippen molar-refractivity contribution in [1.29, 1.82) is 0 Å². The standard InChI is InChI=1S/C12H22O7/c13-5-7-17-9-10-19-12(16)4-2-1-3-11(15)18-8-6-14/h13-14H,1-10H2. The normalized spacial score (nSPS) is 10.2. The van der Waals surface area contributed by atoms with Crippen LogP contribution in [0.4, 0.5) is 0 Å². The van der Waals surface area contributed by atoms with Gasteiger partial charge in [0.2, 0.25) is 0 Å². The summed E-state index contributed by atoms with van der Waals surface area (Å²) in [7, 11) is 0. The summed E-state index contributed by atoms with van der Waals surface area (Å²) in [5.41, 5.74) is 0. The zero-order valence-electron chi connectivity index (χ0n) is 11.0. The van der Waals surface area contributed by atoms with E-state index in [1.165, 1.54) is 0 Å². The minimum Gasteiger partial charge on any atom is -0.463 e. The molecule has 7 nitrogen and oxygen atoms in total. The van der Waals surface area contributed by atoms with Gasteiger partial charge in [0.25, 0.3) is 0 Å². The molecule has 0 heterocycles. The molecule has 0 rings (SSSR count). The van der Waals surface area contributed by atoms with Crippen molar-refractivity contribution in [2.24, 2.45) is 0 Å². The molecule has 0 aromatic heterocycles. The predicted octanol–water partition coefficient (Wildman–Crippen LogP) is -0.366. The van der Waals surface area contributed by atoms with Crippen molar-refractivity contribution >= 4 is 11.9 Å². The molecule has 0 saturated carbocycles. The van der Waals surface area contributed by atoms with Crippen LogP contribution < -0.4 is 0 Å². The van der Waals surface area contributed by atoms with Gasteiger partial charge < -0.3 is 24.4 Å². The smallest absolute Gasteiger partial charge is 0.305 e. The summed E-state index contributed by atoms with van der Waals surface area (Å²) in [5.74, 6) is -0.712. The summed E-state index contributed by atoms with van der Waals surface area (Å²) in [5, 5.41) is 16.9. The van der Waals surface area contributed by atoms with Crippen LogP contribution in [0.1, 0.15) is 25.7 Å². The molecule has 7 heteroatoms. The highest BCUT2D eigenvalue weighted by molar-refractivity contribution is 5.70. The summed E-state index contributed by atoms with van der Waals surface area (Å²) in [4.78, 5) is 22.2. The van der Waals surface area contributed by atoms with E-state index < -0.39 is 0 Å². The molecule has 0 saturated heterocycles. The summed E-state index contributed by atoms with van der Waals surface area (Å²) in [6.45, 7) is 0.427. The topological polar surface area (TPSA) is 102 Å². The Bertz CT molecular complexity index is 242. The fourth-order valence-corrected chi connectivity index (χ4v) is 1.22. The van der Waals surface area contributed by atoms with E-state index in [1.807, 2.05) is 0 Å². The lowest BCUT2D eigenvalue weighted by atomic mass is 10.2. The second-order valence-electron chi connectivity index (χ2n) is 3.71. The fourth-order valence-electron chi connectivity index (χ4n) is 1.22. The molecule has 19 heavy (non-hydrogen) atoms. The molecule has 112 valence electrons. The Kier molecular flexibility index (Phi) is 12.4. The van der Waals surface area contributed by atoms with E-state index in [2.05, 4.69) is 4.74 Å². The molecule has 0 aliphatic heterocycles. The van der Waals surface area contributed by atoms with Crippen LogP contribution in [0.15, 0.2) is 0 Å². The first-order chi connectivity index (χ1) is 9.20. The molecule has 0 bridgehead atoms. The highest BCUT2D eigenvalue weighted by Gasteiger charge is 2.05. The van der Waals surface area contributed by atoms with Gasteiger partial charge in [-0.15, -0.1) is 0 Å². The van der Waals surface area contributed by atoms with Crippen molar-refractivity contribution < 1.29 is 34.0 Å². The molecule has 0 atom stereocenters. The van der Waals surface area contributed by atoms with Gasteiger partial charge in [-0.1, -0.05) is 0 Å². The predicted molar refractivity (Wildman–Crippen MR) is 65.4 cm³/mol. The van der Waals surface area contributed by atoms with Crippen molar-refractivity contribution in [3.63, 3.8) is 0 Å². The fraction of sp³-hybridized carbons (Fsp3) is 0.833. The van der Waals surface area contributed by atoms with Gasteiger partial charge >= 0.3 is 11.9 Å². The van der Waals surface area contributed by atoms with Crippen LogP contribution in [0, 0.1) is 0 Å². The number of unbranched alkanes of at least 4 members (excludes halogenated alkanes) is 1. The van der Waals surface area contributed by atoms with E-state index >= 15 is 0 Å². The maximum Gasteiger partial charge on any atom is 0.305 e. The number of aliphatic hydroxyl groups is 2. The zero-order chi connectivity index (χ0) is 14.3. The lowest BCUT2D eigenvalue weighted by Gasteiger charge is -2.05. The van der Waals surface area contributed by atoms with Crippen LogP contribution in [0.2, 0.25) is 0 Å². The first kappa shape index (κ1) is 17.8. The molecule has 0 unspecified atom stereocenters. The number of aliphatic hydroxyl groups excluding tert-OH is 2. The van der Waals surface area contributed by atoms with Gasteiger partial charge in [-0.05, 0) is 12.8 Å². The van der Waals surface area contributed by atoms with Crippen molar-refractivity contribution in [1.82, 2.24) is 0 Å². The third kappa shape index (κ3) is 13.1. The monoisotopic (exact) mass is 278 g/mol. The zero-order valence-corrected chi connectivity index (χ0v) is 11.0. The lowest BCUT2D eigenvalue weighted by Crippen LogP contribution is -2.12. The second kappa shape index (κ2) is 13.3. The quantitative estimate of drug-likeness (QED) is 0.371. The van der Waals surface area contributed by atoms with E-state index in [1.54, 1.807) is 0 Å². The van der Waals surface area contributed by atoms with Gasteiger partial charge in [0.1, 0.15) is 13.2 Å². The van der Waals surface area contributed by atoms with E-state index in [0.717, 1.165) is 0 Å². The molecule has 0 fully saturated rings. The third-order valence-electron chi connectivity index (χ3n) is 2.09. The SMILES string of the molecule is O=C(CCCCC(=O)OCCOCCO)OCCO. The minimum atomic E-state index is -0.375. The Balaban J connectivity index is 3.31. The van der Waals surface area contributed by atoms with E-state index in [9.17, 15) is 9.59 Å². The van der Waals surface area contributed by atoms with Gasteiger partial charge in [0.05, 0.1) is 26.4 Å². The highest BCUT2D eigenvalue weighted by atomic mass is 16.6. The molecule has 0 amide bonds. The Morgan fingerprint density at radius 1 is 0.737 bits per heavy atom. The molecular weight excluding hydrogens is 256 g/mol. The van der Waals surface area contributed by atoms with Gasteiger partial charge in [-0.25, -0.2) is 0 Å². The molecule has 0 aromatic rings. The van der Waals surface area contributed by atoms with Crippen molar-refractivity contribution in [3.05, 3.63) is 0 Å². The number of ether oxygens (including phenoxy) is 3. The third-order valence-corrected chi connectivity index (χ3v) is 2.09.